The summed E-state index contributed by atoms with van der Waals surface area (Å²) in [5.74, 6) is 0.373. The fourth-order valence-electron chi connectivity index (χ4n) is 5.14. The number of pyridine rings is 2. The highest BCUT2D eigenvalue weighted by molar-refractivity contribution is 5.86. The molecule has 0 radical (unpaired) electrons. The van der Waals surface area contributed by atoms with Crippen LogP contribution in [0.3, 0.4) is 0 Å². The van der Waals surface area contributed by atoms with E-state index in [1.807, 2.05) is 44.3 Å². The molecule has 2 N–H and O–H groups in total. The third-order valence-electron chi connectivity index (χ3n) is 6.95. The number of benzene rings is 1. The van der Waals surface area contributed by atoms with Crippen molar-refractivity contribution in [3.63, 3.8) is 0 Å². The third-order valence-corrected chi connectivity index (χ3v) is 6.95. The van der Waals surface area contributed by atoms with Crippen LogP contribution in [0.5, 0.6) is 0 Å². The molecule has 0 bridgehead atoms. The van der Waals surface area contributed by atoms with Gasteiger partial charge in [-0.05, 0) is 49.6 Å². The lowest BCUT2D eigenvalue weighted by molar-refractivity contribution is -0.183. The van der Waals surface area contributed by atoms with E-state index in [0.29, 0.717) is 30.1 Å². The third kappa shape index (κ3) is 5.19. The first kappa shape index (κ1) is 28.8. The maximum atomic E-state index is 14.2. The number of rotatable bonds is 4. The van der Waals surface area contributed by atoms with Crippen LogP contribution in [0, 0.1) is 13.8 Å². The maximum absolute atomic E-state index is 14.2. The average Bonchev–Trinajstić information content (AvgIpc) is 3.58. The number of hydrogen-bond acceptors (Lipinski definition) is 6. The molecule has 0 saturated carbocycles. The lowest BCUT2D eigenvalue weighted by Crippen LogP contribution is -2.38. The van der Waals surface area contributed by atoms with Crippen molar-refractivity contribution in [2.45, 2.75) is 38.5 Å². The highest BCUT2D eigenvalue weighted by Crippen LogP contribution is 2.39. The molecule has 5 heterocycles. The zero-order valence-corrected chi connectivity index (χ0v) is 22.8. The normalized spacial score (nSPS) is 16.8. The lowest BCUT2D eigenvalue weighted by Gasteiger charge is -2.30. The molecule has 8 nitrogen and oxygen atoms in total. The maximum Gasteiger partial charge on any atom is 0.408 e. The topological polar surface area (TPSA) is 90.2 Å². The van der Waals surface area contributed by atoms with Crippen LogP contribution in [0.25, 0.3) is 33.8 Å². The van der Waals surface area contributed by atoms with E-state index in [2.05, 4.69) is 15.3 Å². The van der Waals surface area contributed by atoms with Gasteiger partial charge >= 0.3 is 6.18 Å². The van der Waals surface area contributed by atoms with Gasteiger partial charge in [-0.1, -0.05) is 18.2 Å². The predicted octanol–water partition coefficient (Wildman–Crippen LogP) is 5.23. The Kier molecular flexibility index (Phi) is 7.91. The van der Waals surface area contributed by atoms with Gasteiger partial charge in [0, 0.05) is 42.5 Å². The summed E-state index contributed by atoms with van der Waals surface area (Å²) >= 11 is 0. The molecule has 0 unspecified atom stereocenters. The number of aryl methyl sites for hydroxylation is 2. The summed E-state index contributed by atoms with van der Waals surface area (Å²) in [5.41, 5.74) is 10.6. The van der Waals surface area contributed by atoms with Crippen LogP contribution >= 0.6 is 24.8 Å². The molecule has 2 atom stereocenters. The van der Waals surface area contributed by atoms with Gasteiger partial charge < -0.3 is 5.73 Å². The molecule has 4 aromatic heterocycles. The summed E-state index contributed by atoms with van der Waals surface area (Å²) in [6.07, 6.45) is 1.28. The van der Waals surface area contributed by atoms with Crippen LogP contribution in [0.2, 0.25) is 0 Å². The Morgan fingerprint density at radius 3 is 2.44 bits per heavy atom. The molecule has 1 aromatic carbocycles. The van der Waals surface area contributed by atoms with E-state index in [0.717, 1.165) is 27.7 Å². The number of nitrogens with zero attached hydrogens (tertiary/aromatic N) is 7. The number of aromatic nitrogens is 6. The summed E-state index contributed by atoms with van der Waals surface area (Å²) in [7, 11) is 0. The predicted molar refractivity (Wildman–Crippen MR) is 148 cm³/mol. The fraction of sp³-hybridized carbons (Fsp3) is 0.308. The van der Waals surface area contributed by atoms with E-state index >= 15 is 0 Å². The van der Waals surface area contributed by atoms with Crippen LogP contribution in [0.4, 0.5) is 13.2 Å². The van der Waals surface area contributed by atoms with Crippen LogP contribution in [0.15, 0.2) is 55.0 Å². The van der Waals surface area contributed by atoms with Crippen LogP contribution in [0.1, 0.15) is 29.2 Å². The molecule has 1 aliphatic heterocycles. The van der Waals surface area contributed by atoms with Crippen molar-refractivity contribution >= 4 is 41.4 Å². The van der Waals surface area contributed by atoms with E-state index in [4.69, 9.17) is 10.7 Å². The molecule has 0 amide bonds. The molecule has 1 aliphatic rings. The zero-order valence-electron chi connectivity index (χ0n) is 21.1. The first-order valence-electron chi connectivity index (χ1n) is 12.0. The quantitative estimate of drug-likeness (QED) is 0.314. The molecule has 1 saturated heterocycles. The minimum atomic E-state index is -4.45. The van der Waals surface area contributed by atoms with Gasteiger partial charge in [-0.3, -0.25) is 9.30 Å². The number of fused-ring (bicyclic) bond motifs is 2. The number of alkyl halides is 3. The number of halogens is 5. The second-order valence-electron chi connectivity index (χ2n) is 9.64. The van der Waals surface area contributed by atoms with Gasteiger partial charge in [0.1, 0.15) is 11.7 Å². The first-order valence-corrected chi connectivity index (χ1v) is 12.0. The van der Waals surface area contributed by atoms with Gasteiger partial charge in [0.15, 0.2) is 11.5 Å². The Balaban J connectivity index is 0.00000176. The second-order valence-corrected chi connectivity index (χ2v) is 9.64. The molecule has 0 aliphatic carbocycles. The Morgan fingerprint density at radius 1 is 1.00 bits per heavy atom. The molecule has 0 spiro atoms. The largest absolute Gasteiger partial charge is 0.408 e. The smallest absolute Gasteiger partial charge is 0.326 e. The number of hydrogen-bond donors (Lipinski definition) is 1. The summed E-state index contributed by atoms with van der Waals surface area (Å²) < 4.78 is 46.0. The summed E-state index contributed by atoms with van der Waals surface area (Å²) in [6, 6.07) is 8.71. The number of likely N-dealkylation sites (tertiary alicyclic amines) is 1. The summed E-state index contributed by atoms with van der Waals surface area (Å²) in [6.45, 7) is 4.44. The van der Waals surface area contributed by atoms with Crippen LogP contribution < -0.4 is 5.73 Å². The Labute approximate surface area is 234 Å². The van der Waals surface area contributed by atoms with Crippen molar-refractivity contribution in [3.05, 3.63) is 71.7 Å². The molecule has 13 heteroatoms. The van der Waals surface area contributed by atoms with E-state index in [1.165, 1.54) is 17.2 Å². The molecular weight excluding hydrogens is 552 g/mol. The molecule has 39 heavy (non-hydrogen) atoms. The molecule has 5 aromatic rings. The first-order chi connectivity index (χ1) is 17.7. The van der Waals surface area contributed by atoms with E-state index < -0.39 is 12.2 Å². The van der Waals surface area contributed by atoms with Crippen molar-refractivity contribution in [2.24, 2.45) is 5.73 Å². The average molecular weight is 579 g/mol. The van der Waals surface area contributed by atoms with Gasteiger partial charge in [-0.25, -0.2) is 9.67 Å². The fourth-order valence-corrected chi connectivity index (χ4v) is 5.14. The monoisotopic (exact) mass is 578 g/mol. The van der Waals surface area contributed by atoms with Crippen LogP contribution in [-0.4, -0.2) is 59.6 Å². The van der Waals surface area contributed by atoms with E-state index in [1.54, 1.807) is 21.3 Å². The van der Waals surface area contributed by atoms with Crippen molar-refractivity contribution in [1.29, 1.82) is 0 Å². The van der Waals surface area contributed by atoms with E-state index in [9.17, 15) is 13.2 Å². The standard InChI is InChI=1S/C26H25F3N8.2ClH/c1-15-11-31-37(12-15)21-7-4-17-3-6-20(32-23(17)16(21)2)25-34-33-22-8-5-18(13-36(22)25)24(26(27,28)29)35-10-9-19(30)14-35;;/h3-8,11-13,19,24H,9-10,14,30H2,1-2H3;2*1H/t19-,24+;;/m0../s1. The van der Waals surface area contributed by atoms with Gasteiger partial charge in [-0.2, -0.15) is 18.3 Å². The van der Waals surface area contributed by atoms with Crippen molar-refractivity contribution in [1.82, 2.24) is 34.3 Å². The van der Waals surface area contributed by atoms with Gasteiger partial charge in [0.05, 0.1) is 17.4 Å². The minimum Gasteiger partial charge on any atom is -0.326 e. The molecule has 206 valence electrons. The number of nitrogens with two attached hydrogens (primary N) is 1. The zero-order chi connectivity index (χ0) is 25.9. The summed E-state index contributed by atoms with van der Waals surface area (Å²) in [4.78, 5) is 6.25. The highest BCUT2D eigenvalue weighted by Gasteiger charge is 2.46. The minimum absolute atomic E-state index is 0. The van der Waals surface area contributed by atoms with Gasteiger partial charge in [0.25, 0.3) is 0 Å². The summed E-state index contributed by atoms with van der Waals surface area (Å²) in [5, 5.41) is 13.8. The Morgan fingerprint density at radius 2 is 1.77 bits per heavy atom. The van der Waals surface area contributed by atoms with Crippen molar-refractivity contribution in [3.8, 4) is 17.2 Å². The van der Waals surface area contributed by atoms with Crippen molar-refractivity contribution < 1.29 is 13.2 Å². The lowest BCUT2D eigenvalue weighted by atomic mass is 10.1. The van der Waals surface area contributed by atoms with E-state index in [-0.39, 0.29) is 43.0 Å². The van der Waals surface area contributed by atoms with Gasteiger partial charge in [0.2, 0.25) is 0 Å². The molecule has 6 rings (SSSR count). The second kappa shape index (κ2) is 10.7. The Hall–Kier alpha value is -3.25. The van der Waals surface area contributed by atoms with Crippen molar-refractivity contribution in [2.75, 3.05) is 13.1 Å². The Bertz CT molecular complexity index is 1630. The van der Waals surface area contributed by atoms with Crippen LogP contribution in [-0.2, 0) is 0 Å². The molecular formula is C26H27Cl2F3N8. The SMILES string of the molecule is Cc1cnn(-c2ccc3ccc(-c4nnc5ccc([C@@H](N6CC[C@H](N)C6)C(F)(F)F)cn45)nc3c2C)c1.Cl.Cl. The highest BCUT2D eigenvalue weighted by atomic mass is 35.5. The molecule has 1 fully saturated rings. The van der Waals surface area contributed by atoms with Gasteiger partial charge in [-0.15, -0.1) is 35.0 Å².